The van der Waals surface area contributed by atoms with Gasteiger partial charge in [-0.05, 0) is 26.8 Å². The van der Waals surface area contributed by atoms with Crippen LogP contribution in [-0.4, -0.2) is 21.2 Å². The number of nitriles is 1. The molecule has 1 N–H and O–H groups in total. The maximum Gasteiger partial charge on any atom is 0.161 e. The van der Waals surface area contributed by atoms with Crippen LogP contribution in [0.4, 0.5) is 0 Å². The molecule has 4 heteroatoms. The van der Waals surface area contributed by atoms with Crippen LogP contribution >= 0.6 is 0 Å². The van der Waals surface area contributed by atoms with Crippen molar-refractivity contribution in [1.29, 1.82) is 5.26 Å². The van der Waals surface area contributed by atoms with Crippen molar-refractivity contribution in [1.82, 2.24) is 9.99 Å². The van der Waals surface area contributed by atoms with Gasteiger partial charge in [0.1, 0.15) is 0 Å². The molecule has 0 spiro atoms. The Labute approximate surface area is 118 Å². The Morgan fingerprint density at radius 2 is 2.15 bits per heavy atom. The average Bonchev–Trinajstić information content (AvgIpc) is 2.93. The van der Waals surface area contributed by atoms with E-state index in [2.05, 4.69) is 30.0 Å². The van der Waals surface area contributed by atoms with Gasteiger partial charge in [0.15, 0.2) is 6.04 Å². The van der Waals surface area contributed by atoms with Crippen LogP contribution in [0, 0.1) is 11.3 Å². The zero-order valence-corrected chi connectivity index (χ0v) is 12.0. The SMILES string of the molecule is CC1=NN([C@@H](C#N)c2c[nH]c3ccccc23)C(C)(C)C1. The van der Waals surface area contributed by atoms with Gasteiger partial charge in [0.2, 0.25) is 0 Å². The molecule has 0 bridgehead atoms. The number of aromatic amines is 1. The van der Waals surface area contributed by atoms with Gasteiger partial charge in [0, 0.05) is 34.8 Å². The molecule has 1 atom stereocenters. The number of hydrazone groups is 1. The summed E-state index contributed by atoms with van der Waals surface area (Å²) in [5.41, 5.74) is 3.01. The summed E-state index contributed by atoms with van der Waals surface area (Å²) in [5.74, 6) is 0. The lowest BCUT2D eigenvalue weighted by atomic mass is 9.96. The highest BCUT2D eigenvalue weighted by Gasteiger charge is 2.38. The number of benzene rings is 1. The topological polar surface area (TPSA) is 55.2 Å². The number of nitrogens with zero attached hydrogens (tertiary/aromatic N) is 3. The molecule has 0 amide bonds. The van der Waals surface area contributed by atoms with Gasteiger partial charge in [0.05, 0.1) is 11.6 Å². The molecule has 1 aromatic carbocycles. The lowest BCUT2D eigenvalue weighted by molar-refractivity contribution is 0.123. The Morgan fingerprint density at radius 3 is 2.80 bits per heavy atom. The predicted molar refractivity (Wildman–Crippen MR) is 80.3 cm³/mol. The Bertz CT molecular complexity index is 717. The fourth-order valence-corrected chi connectivity index (χ4v) is 3.05. The van der Waals surface area contributed by atoms with Crippen LogP contribution in [0.2, 0.25) is 0 Å². The largest absolute Gasteiger partial charge is 0.361 e. The van der Waals surface area contributed by atoms with Gasteiger partial charge in [-0.15, -0.1) is 0 Å². The molecule has 1 aliphatic heterocycles. The number of fused-ring (bicyclic) bond motifs is 1. The van der Waals surface area contributed by atoms with Gasteiger partial charge >= 0.3 is 0 Å². The highest BCUT2D eigenvalue weighted by atomic mass is 15.5. The molecule has 0 saturated heterocycles. The van der Waals surface area contributed by atoms with Crippen LogP contribution in [0.1, 0.15) is 38.8 Å². The molecule has 1 aromatic heterocycles. The van der Waals surface area contributed by atoms with Crippen LogP contribution in [0.15, 0.2) is 35.6 Å². The van der Waals surface area contributed by atoms with Gasteiger partial charge < -0.3 is 4.98 Å². The molecular weight excluding hydrogens is 248 g/mol. The summed E-state index contributed by atoms with van der Waals surface area (Å²) < 4.78 is 0. The molecule has 0 radical (unpaired) electrons. The van der Waals surface area contributed by atoms with Gasteiger partial charge in [-0.25, -0.2) is 0 Å². The summed E-state index contributed by atoms with van der Waals surface area (Å²) in [7, 11) is 0. The molecule has 0 fully saturated rings. The lowest BCUT2D eigenvalue weighted by Gasteiger charge is -2.33. The second-order valence-corrected chi connectivity index (χ2v) is 5.99. The summed E-state index contributed by atoms with van der Waals surface area (Å²) in [4.78, 5) is 3.24. The second-order valence-electron chi connectivity index (χ2n) is 5.99. The van der Waals surface area contributed by atoms with Crippen LogP contribution in [-0.2, 0) is 0 Å². The van der Waals surface area contributed by atoms with Crippen molar-refractivity contribution < 1.29 is 0 Å². The van der Waals surface area contributed by atoms with Crippen LogP contribution in [0.3, 0.4) is 0 Å². The predicted octanol–water partition coefficient (Wildman–Crippen LogP) is 3.59. The third-order valence-electron chi connectivity index (χ3n) is 3.87. The maximum atomic E-state index is 9.66. The summed E-state index contributed by atoms with van der Waals surface area (Å²) in [6.07, 6.45) is 2.82. The first-order valence-electron chi connectivity index (χ1n) is 6.82. The van der Waals surface area contributed by atoms with Crippen LogP contribution in [0.5, 0.6) is 0 Å². The van der Waals surface area contributed by atoms with Crippen molar-refractivity contribution in [3.63, 3.8) is 0 Å². The number of nitrogens with one attached hydrogen (secondary N) is 1. The van der Waals surface area contributed by atoms with Gasteiger partial charge in [0.25, 0.3) is 0 Å². The Hall–Kier alpha value is -2.28. The van der Waals surface area contributed by atoms with E-state index in [4.69, 9.17) is 0 Å². The highest BCUT2D eigenvalue weighted by molar-refractivity contribution is 5.85. The van der Waals surface area contributed by atoms with Gasteiger partial charge in [-0.1, -0.05) is 18.2 Å². The second kappa shape index (κ2) is 4.38. The molecule has 3 rings (SSSR count). The van der Waals surface area contributed by atoms with Crippen molar-refractivity contribution in [2.75, 3.05) is 0 Å². The molecule has 0 aliphatic carbocycles. The van der Waals surface area contributed by atoms with Crippen LogP contribution < -0.4 is 0 Å². The first-order chi connectivity index (χ1) is 9.53. The molecule has 2 aromatic rings. The van der Waals surface area contributed by atoms with E-state index in [1.807, 2.05) is 42.4 Å². The third-order valence-corrected chi connectivity index (χ3v) is 3.87. The number of H-pyrrole nitrogens is 1. The molecular formula is C16H18N4. The summed E-state index contributed by atoms with van der Waals surface area (Å²) in [6, 6.07) is 10.1. The van der Waals surface area contributed by atoms with E-state index in [0.29, 0.717) is 0 Å². The lowest BCUT2D eigenvalue weighted by Crippen LogP contribution is -2.38. The van der Waals surface area contributed by atoms with E-state index in [0.717, 1.165) is 28.6 Å². The summed E-state index contributed by atoms with van der Waals surface area (Å²) in [5, 5.41) is 17.3. The maximum absolute atomic E-state index is 9.66. The molecule has 0 saturated carbocycles. The van der Waals surface area contributed by atoms with Crippen molar-refractivity contribution in [2.24, 2.45) is 5.10 Å². The van der Waals surface area contributed by atoms with Gasteiger partial charge in [-0.3, -0.25) is 5.01 Å². The summed E-state index contributed by atoms with van der Waals surface area (Å²) >= 11 is 0. The van der Waals surface area contributed by atoms with Crippen molar-refractivity contribution >= 4 is 16.6 Å². The number of aromatic nitrogens is 1. The monoisotopic (exact) mass is 266 g/mol. The third kappa shape index (κ3) is 1.87. The number of hydrogen-bond acceptors (Lipinski definition) is 3. The molecule has 102 valence electrons. The molecule has 1 aliphatic rings. The minimum Gasteiger partial charge on any atom is -0.361 e. The van der Waals surface area contributed by atoms with E-state index >= 15 is 0 Å². The quantitative estimate of drug-likeness (QED) is 0.903. The minimum absolute atomic E-state index is 0.122. The van der Waals surface area contributed by atoms with Crippen LogP contribution in [0.25, 0.3) is 10.9 Å². The number of rotatable bonds is 2. The Balaban J connectivity index is 2.09. The number of hydrogen-bond donors (Lipinski definition) is 1. The Kier molecular flexibility index (Phi) is 2.79. The minimum atomic E-state index is -0.362. The normalized spacial score (nSPS) is 18.9. The zero-order valence-electron chi connectivity index (χ0n) is 12.0. The van der Waals surface area contributed by atoms with Crippen molar-refractivity contribution in [3.8, 4) is 6.07 Å². The zero-order chi connectivity index (χ0) is 14.3. The fourth-order valence-electron chi connectivity index (χ4n) is 3.05. The van der Waals surface area contributed by atoms with Crippen molar-refractivity contribution in [3.05, 3.63) is 36.0 Å². The fraction of sp³-hybridized carbons (Fsp3) is 0.375. The molecule has 0 unspecified atom stereocenters. The first kappa shape index (κ1) is 12.7. The molecule has 20 heavy (non-hydrogen) atoms. The van der Waals surface area contributed by atoms with E-state index in [1.165, 1.54) is 0 Å². The average molecular weight is 266 g/mol. The van der Waals surface area contributed by atoms with Gasteiger partial charge in [-0.2, -0.15) is 10.4 Å². The molecule has 4 nitrogen and oxygen atoms in total. The van der Waals surface area contributed by atoms with E-state index in [-0.39, 0.29) is 11.6 Å². The standard InChI is InChI=1S/C16H18N4/c1-11-8-16(2,3)20(19-11)15(9-17)13-10-18-14-7-5-4-6-12(13)14/h4-7,10,15,18H,8H2,1-3H3/t15-/m0/s1. The van der Waals surface area contributed by atoms with E-state index < -0.39 is 0 Å². The number of para-hydroxylation sites is 1. The highest BCUT2D eigenvalue weighted by Crippen LogP contribution is 2.37. The first-order valence-corrected chi connectivity index (χ1v) is 6.82. The smallest absolute Gasteiger partial charge is 0.161 e. The Morgan fingerprint density at radius 1 is 1.40 bits per heavy atom. The molecule has 2 heterocycles. The van der Waals surface area contributed by atoms with E-state index in [1.54, 1.807) is 0 Å². The van der Waals surface area contributed by atoms with Crippen molar-refractivity contribution in [2.45, 2.75) is 38.8 Å². The summed E-state index contributed by atoms with van der Waals surface area (Å²) in [6.45, 7) is 6.28. The van der Waals surface area contributed by atoms with E-state index in [9.17, 15) is 5.26 Å².